The van der Waals surface area contributed by atoms with Gasteiger partial charge in [0.05, 0.1) is 0 Å². The fourth-order valence-electron chi connectivity index (χ4n) is 10.6. The zero-order valence-corrected chi connectivity index (χ0v) is 21.2. The number of allylic oxidation sites excluding steroid dienone is 1. The van der Waals surface area contributed by atoms with Gasteiger partial charge in [0, 0.05) is 6.61 Å². The maximum Gasteiger partial charge on any atom is 0.0436 e. The summed E-state index contributed by atoms with van der Waals surface area (Å²) in [7, 11) is 0. The zero-order chi connectivity index (χ0) is 22.1. The molecule has 0 aromatic heterocycles. The van der Waals surface area contributed by atoms with Crippen LogP contribution in [0.1, 0.15) is 106 Å². The van der Waals surface area contributed by atoms with Gasteiger partial charge in [0.15, 0.2) is 0 Å². The Balaban J connectivity index is 1.75. The minimum atomic E-state index is 0.286. The zero-order valence-electron chi connectivity index (χ0n) is 21.2. The summed E-state index contributed by atoms with van der Waals surface area (Å²) < 4.78 is 0. The molecule has 4 aliphatic carbocycles. The summed E-state index contributed by atoms with van der Waals surface area (Å²) in [5, 5.41) is 10.1. The molecule has 4 rings (SSSR count). The summed E-state index contributed by atoms with van der Waals surface area (Å²) in [6.45, 7) is 22.6. The van der Waals surface area contributed by atoms with Crippen molar-refractivity contribution in [2.75, 3.05) is 6.61 Å². The second-order valence-corrected chi connectivity index (χ2v) is 13.6. The first-order chi connectivity index (χ1) is 13.9. The van der Waals surface area contributed by atoms with Crippen molar-refractivity contribution >= 4 is 0 Å². The second-order valence-electron chi connectivity index (χ2n) is 13.6. The summed E-state index contributed by atoms with van der Waals surface area (Å²) in [6.07, 6.45) is 12.2. The van der Waals surface area contributed by atoms with Gasteiger partial charge in [-0.2, -0.15) is 0 Å². The molecule has 1 heteroatoms. The Morgan fingerprint density at radius 1 is 0.933 bits per heavy atom. The largest absolute Gasteiger partial charge is 0.396 e. The van der Waals surface area contributed by atoms with E-state index in [4.69, 9.17) is 0 Å². The van der Waals surface area contributed by atoms with Crippen LogP contribution in [0.4, 0.5) is 0 Å². The average Bonchev–Trinajstić information content (AvgIpc) is 3.00. The molecule has 0 radical (unpaired) electrons. The van der Waals surface area contributed by atoms with E-state index in [2.05, 4.69) is 55.0 Å². The fourth-order valence-corrected chi connectivity index (χ4v) is 10.6. The molecule has 0 heterocycles. The summed E-state index contributed by atoms with van der Waals surface area (Å²) >= 11 is 0. The number of fused-ring (bicyclic) bond motifs is 5. The molecule has 0 aromatic carbocycles. The molecule has 1 nitrogen and oxygen atoms in total. The number of aliphatic hydroxyl groups excluding tert-OH is 1. The number of hydrogen-bond acceptors (Lipinski definition) is 1. The molecule has 0 aliphatic heterocycles. The van der Waals surface area contributed by atoms with E-state index in [1.165, 1.54) is 56.9 Å². The Morgan fingerprint density at radius 3 is 2.23 bits per heavy atom. The summed E-state index contributed by atoms with van der Waals surface area (Å²) in [4.78, 5) is 0. The lowest BCUT2D eigenvalue weighted by Crippen LogP contribution is -2.64. The minimum Gasteiger partial charge on any atom is -0.396 e. The smallest absolute Gasteiger partial charge is 0.0436 e. The van der Waals surface area contributed by atoms with Crippen molar-refractivity contribution in [2.45, 2.75) is 106 Å². The average molecular weight is 415 g/mol. The Labute approximate surface area is 187 Å². The highest BCUT2D eigenvalue weighted by Gasteiger charge is 2.68. The van der Waals surface area contributed by atoms with Crippen molar-refractivity contribution in [3.05, 3.63) is 12.2 Å². The monoisotopic (exact) mass is 414 g/mol. The van der Waals surface area contributed by atoms with E-state index in [9.17, 15) is 5.11 Å². The molecule has 0 bridgehead atoms. The topological polar surface area (TPSA) is 20.2 Å². The first-order valence-corrected chi connectivity index (χ1v) is 13.2. The molecule has 4 fully saturated rings. The SMILES string of the molecule is C=C(C)[C@@H]1CC[C@]2(C)CC[C@]3(C)[C@H](CC[C@@H]4[C@@](C)(CCO)[C@H](C(C)C)CC[C@]43C)[C@@H]12. The highest BCUT2D eigenvalue weighted by atomic mass is 16.3. The second kappa shape index (κ2) is 7.36. The van der Waals surface area contributed by atoms with E-state index < -0.39 is 0 Å². The molecule has 172 valence electrons. The number of hydrogen-bond donors (Lipinski definition) is 1. The van der Waals surface area contributed by atoms with Gasteiger partial charge in [0.2, 0.25) is 0 Å². The maximum absolute atomic E-state index is 10.1. The van der Waals surface area contributed by atoms with Crippen LogP contribution in [0.25, 0.3) is 0 Å². The first-order valence-electron chi connectivity index (χ1n) is 13.2. The van der Waals surface area contributed by atoms with Gasteiger partial charge in [0.1, 0.15) is 0 Å². The first kappa shape index (κ1) is 22.9. The van der Waals surface area contributed by atoms with E-state index in [1.54, 1.807) is 0 Å². The van der Waals surface area contributed by atoms with E-state index in [1.807, 2.05) is 0 Å². The van der Waals surface area contributed by atoms with E-state index in [0.717, 1.165) is 36.0 Å². The van der Waals surface area contributed by atoms with Crippen molar-refractivity contribution in [1.82, 2.24) is 0 Å². The van der Waals surface area contributed by atoms with Gasteiger partial charge in [-0.1, -0.05) is 53.7 Å². The van der Waals surface area contributed by atoms with Crippen LogP contribution < -0.4 is 0 Å². The van der Waals surface area contributed by atoms with Gasteiger partial charge in [-0.25, -0.2) is 0 Å². The minimum absolute atomic E-state index is 0.286. The van der Waals surface area contributed by atoms with Crippen LogP contribution in [0.3, 0.4) is 0 Å². The van der Waals surface area contributed by atoms with Crippen LogP contribution >= 0.6 is 0 Å². The van der Waals surface area contributed by atoms with Crippen molar-refractivity contribution in [3.8, 4) is 0 Å². The van der Waals surface area contributed by atoms with Gasteiger partial charge in [-0.05, 0) is 122 Å². The third-order valence-corrected chi connectivity index (χ3v) is 12.3. The van der Waals surface area contributed by atoms with E-state index in [-0.39, 0.29) is 5.41 Å². The van der Waals surface area contributed by atoms with Crippen molar-refractivity contribution in [1.29, 1.82) is 0 Å². The molecule has 0 aromatic rings. The van der Waals surface area contributed by atoms with Gasteiger partial charge in [-0.15, -0.1) is 0 Å². The third kappa shape index (κ3) is 2.89. The van der Waals surface area contributed by atoms with Crippen LogP contribution in [-0.4, -0.2) is 11.7 Å². The Morgan fingerprint density at radius 2 is 1.63 bits per heavy atom. The fraction of sp³-hybridized carbons (Fsp3) is 0.931. The van der Waals surface area contributed by atoms with Crippen LogP contribution in [-0.2, 0) is 0 Å². The lowest BCUT2D eigenvalue weighted by atomic mass is 9.34. The van der Waals surface area contributed by atoms with Gasteiger partial charge in [-0.3, -0.25) is 0 Å². The highest BCUT2D eigenvalue weighted by Crippen LogP contribution is 2.76. The molecule has 30 heavy (non-hydrogen) atoms. The van der Waals surface area contributed by atoms with Gasteiger partial charge < -0.3 is 5.11 Å². The normalized spacial score (nSPS) is 53.2. The molecule has 4 aliphatic rings. The van der Waals surface area contributed by atoms with Gasteiger partial charge >= 0.3 is 0 Å². The molecule has 0 amide bonds. The highest BCUT2D eigenvalue weighted by molar-refractivity contribution is 5.19. The Hall–Kier alpha value is -0.300. The Bertz CT molecular complexity index is 680. The quantitative estimate of drug-likeness (QED) is 0.464. The molecule has 0 unspecified atom stereocenters. The molecule has 0 spiro atoms. The number of aliphatic hydroxyl groups is 1. The molecular weight excluding hydrogens is 364 g/mol. The predicted molar refractivity (Wildman–Crippen MR) is 128 cm³/mol. The third-order valence-electron chi connectivity index (χ3n) is 12.3. The van der Waals surface area contributed by atoms with E-state index in [0.29, 0.717) is 28.8 Å². The lowest BCUT2D eigenvalue weighted by molar-refractivity contribution is -0.222. The standard InChI is InChI=1S/C29H50O/c1-19(2)21-11-13-26(5)15-16-28(7)23(25(21)26)9-10-24-27(6,17-18-30)22(20(3)4)12-14-29(24,28)8/h20-25,30H,1,9-18H2,2-8H3/t21-,22-,23+,24+,25+,26+,27-,28+,29+/m0/s1. The number of rotatable bonds is 4. The van der Waals surface area contributed by atoms with Gasteiger partial charge in [0.25, 0.3) is 0 Å². The summed E-state index contributed by atoms with van der Waals surface area (Å²) in [5.74, 6) is 4.68. The van der Waals surface area contributed by atoms with Crippen LogP contribution in [0.2, 0.25) is 0 Å². The van der Waals surface area contributed by atoms with Crippen molar-refractivity contribution < 1.29 is 5.11 Å². The van der Waals surface area contributed by atoms with Crippen molar-refractivity contribution in [3.63, 3.8) is 0 Å². The van der Waals surface area contributed by atoms with Crippen LogP contribution in [0, 0.1) is 57.2 Å². The molecular formula is C29H50O. The maximum atomic E-state index is 10.1. The predicted octanol–water partition coefficient (Wildman–Crippen LogP) is 7.88. The molecule has 0 saturated heterocycles. The summed E-state index contributed by atoms with van der Waals surface area (Å²) in [5.41, 5.74) is 3.13. The lowest BCUT2D eigenvalue weighted by Gasteiger charge is -2.71. The molecule has 9 atom stereocenters. The Kier molecular flexibility index (Phi) is 5.61. The van der Waals surface area contributed by atoms with E-state index >= 15 is 0 Å². The van der Waals surface area contributed by atoms with Crippen molar-refractivity contribution in [2.24, 2.45) is 57.2 Å². The molecule has 1 N–H and O–H groups in total. The molecule has 4 saturated carbocycles. The summed E-state index contributed by atoms with van der Waals surface area (Å²) in [6, 6.07) is 0. The van der Waals surface area contributed by atoms with Crippen LogP contribution in [0.5, 0.6) is 0 Å². The van der Waals surface area contributed by atoms with Crippen LogP contribution in [0.15, 0.2) is 12.2 Å².